The predicted molar refractivity (Wildman–Crippen MR) is 83.6 cm³/mol. The second kappa shape index (κ2) is 6.98. The number of nitrogens with one attached hydrogen (secondary N) is 1. The molecular weight excluding hydrogens is 248 g/mol. The van der Waals surface area contributed by atoms with Gasteiger partial charge in [-0.05, 0) is 62.9 Å². The summed E-state index contributed by atoms with van der Waals surface area (Å²) < 4.78 is 6.09. The Kier molecular flexibility index (Phi) is 4.80. The number of benzene rings is 1. The van der Waals surface area contributed by atoms with Crippen LogP contribution in [0.15, 0.2) is 24.3 Å². The van der Waals surface area contributed by atoms with Crippen molar-refractivity contribution in [1.82, 2.24) is 5.32 Å². The van der Waals surface area contributed by atoms with Crippen molar-refractivity contribution in [3.05, 3.63) is 24.3 Å². The van der Waals surface area contributed by atoms with Crippen molar-refractivity contribution in [3.63, 3.8) is 0 Å². The van der Waals surface area contributed by atoms with Gasteiger partial charge in [0.25, 0.3) is 0 Å². The summed E-state index contributed by atoms with van der Waals surface area (Å²) in [6.07, 6.45) is 8.13. The molecule has 1 N–H and O–H groups in total. The van der Waals surface area contributed by atoms with E-state index >= 15 is 0 Å². The summed E-state index contributed by atoms with van der Waals surface area (Å²) in [5, 5.41) is 3.45. The first-order valence-corrected chi connectivity index (χ1v) is 8.14. The van der Waals surface area contributed by atoms with Crippen LogP contribution in [-0.4, -0.2) is 32.3 Å². The lowest BCUT2D eigenvalue weighted by Crippen LogP contribution is -2.27. The van der Waals surface area contributed by atoms with E-state index in [1.54, 1.807) is 0 Å². The highest BCUT2D eigenvalue weighted by molar-refractivity contribution is 5.49. The third-order valence-corrected chi connectivity index (χ3v) is 4.40. The first-order valence-electron chi connectivity index (χ1n) is 8.14. The molecule has 0 unspecified atom stereocenters. The van der Waals surface area contributed by atoms with Crippen LogP contribution in [-0.2, 0) is 0 Å². The third kappa shape index (κ3) is 3.66. The maximum atomic E-state index is 6.09. The van der Waals surface area contributed by atoms with Gasteiger partial charge in [0.2, 0.25) is 0 Å². The predicted octanol–water partition coefficient (Wildman–Crippen LogP) is 3.20. The van der Waals surface area contributed by atoms with Gasteiger partial charge in [0.1, 0.15) is 5.75 Å². The number of ether oxygens (including phenoxy) is 1. The molecule has 0 aromatic heterocycles. The van der Waals surface area contributed by atoms with Crippen LogP contribution in [0.1, 0.15) is 38.5 Å². The number of hydrogen-bond acceptors (Lipinski definition) is 3. The molecule has 2 fully saturated rings. The SMILES string of the molecule is c1cc(N2CCCNCC2)ccc1OC1CCCCC1. The van der Waals surface area contributed by atoms with Crippen LogP contribution in [0, 0.1) is 0 Å². The maximum absolute atomic E-state index is 6.09. The molecule has 20 heavy (non-hydrogen) atoms. The second-order valence-corrected chi connectivity index (χ2v) is 5.96. The monoisotopic (exact) mass is 274 g/mol. The van der Waals surface area contributed by atoms with Crippen LogP contribution in [0.5, 0.6) is 5.75 Å². The van der Waals surface area contributed by atoms with Crippen LogP contribution in [0.3, 0.4) is 0 Å². The van der Waals surface area contributed by atoms with Crippen LogP contribution in [0.4, 0.5) is 5.69 Å². The first kappa shape index (κ1) is 13.7. The molecule has 3 rings (SSSR count). The topological polar surface area (TPSA) is 24.5 Å². The summed E-state index contributed by atoms with van der Waals surface area (Å²) in [6.45, 7) is 4.47. The van der Waals surface area contributed by atoms with E-state index in [0.717, 1.165) is 31.9 Å². The van der Waals surface area contributed by atoms with E-state index in [2.05, 4.69) is 34.5 Å². The van der Waals surface area contributed by atoms with E-state index in [1.165, 1.54) is 44.2 Å². The van der Waals surface area contributed by atoms with Gasteiger partial charge in [-0.25, -0.2) is 0 Å². The van der Waals surface area contributed by atoms with Crippen molar-refractivity contribution >= 4 is 5.69 Å². The lowest BCUT2D eigenvalue weighted by molar-refractivity contribution is 0.155. The Labute approximate surface area is 122 Å². The Morgan fingerprint density at radius 1 is 0.900 bits per heavy atom. The maximum Gasteiger partial charge on any atom is 0.119 e. The van der Waals surface area contributed by atoms with Crippen molar-refractivity contribution in [1.29, 1.82) is 0 Å². The quantitative estimate of drug-likeness (QED) is 0.916. The molecule has 3 heteroatoms. The number of nitrogens with zero attached hydrogens (tertiary/aromatic N) is 1. The van der Waals surface area contributed by atoms with E-state index in [1.807, 2.05) is 0 Å². The van der Waals surface area contributed by atoms with Gasteiger partial charge in [-0.1, -0.05) is 6.42 Å². The highest BCUT2D eigenvalue weighted by Gasteiger charge is 2.15. The third-order valence-electron chi connectivity index (χ3n) is 4.40. The molecule has 2 aliphatic rings. The number of rotatable bonds is 3. The largest absolute Gasteiger partial charge is 0.490 e. The van der Waals surface area contributed by atoms with Crippen LogP contribution in [0.25, 0.3) is 0 Å². The number of anilines is 1. The normalized spacial score (nSPS) is 21.5. The molecule has 1 heterocycles. The summed E-state index contributed by atoms with van der Waals surface area (Å²) in [7, 11) is 0. The fourth-order valence-corrected chi connectivity index (χ4v) is 3.21. The highest BCUT2D eigenvalue weighted by Crippen LogP contribution is 2.25. The molecule has 1 aromatic rings. The molecule has 1 saturated heterocycles. The fourth-order valence-electron chi connectivity index (χ4n) is 3.21. The highest BCUT2D eigenvalue weighted by atomic mass is 16.5. The molecule has 1 aliphatic heterocycles. The lowest BCUT2D eigenvalue weighted by atomic mass is 9.98. The first-order chi connectivity index (χ1) is 9.92. The molecule has 0 radical (unpaired) electrons. The Hall–Kier alpha value is -1.22. The van der Waals surface area contributed by atoms with Gasteiger partial charge < -0.3 is 15.0 Å². The Balaban J connectivity index is 1.58. The van der Waals surface area contributed by atoms with Crippen molar-refractivity contribution in [2.45, 2.75) is 44.6 Å². The van der Waals surface area contributed by atoms with Crippen LogP contribution in [0.2, 0.25) is 0 Å². The summed E-state index contributed by atoms with van der Waals surface area (Å²) >= 11 is 0. The summed E-state index contributed by atoms with van der Waals surface area (Å²) in [5.41, 5.74) is 1.32. The lowest BCUT2D eigenvalue weighted by Gasteiger charge is -2.25. The van der Waals surface area contributed by atoms with Gasteiger partial charge in [-0.15, -0.1) is 0 Å². The molecule has 1 aliphatic carbocycles. The number of hydrogen-bond donors (Lipinski definition) is 1. The van der Waals surface area contributed by atoms with E-state index < -0.39 is 0 Å². The van der Waals surface area contributed by atoms with E-state index in [9.17, 15) is 0 Å². The van der Waals surface area contributed by atoms with Crippen LogP contribution < -0.4 is 15.0 Å². The van der Waals surface area contributed by atoms with Crippen molar-refractivity contribution < 1.29 is 4.74 Å². The fraction of sp³-hybridized carbons (Fsp3) is 0.647. The Bertz CT molecular complexity index is 390. The molecule has 0 atom stereocenters. The van der Waals surface area contributed by atoms with E-state index in [4.69, 9.17) is 4.74 Å². The van der Waals surface area contributed by atoms with E-state index in [-0.39, 0.29) is 0 Å². The van der Waals surface area contributed by atoms with Crippen LogP contribution >= 0.6 is 0 Å². The zero-order valence-electron chi connectivity index (χ0n) is 12.3. The minimum atomic E-state index is 0.442. The Morgan fingerprint density at radius 2 is 1.70 bits per heavy atom. The van der Waals surface area contributed by atoms with Crippen molar-refractivity contribution in [2.75, 3.05) is 31.1 Å². The van der Waals surface area contributed by atoms with Crippen molar-refractivity contribution in [2.24, 2.45) is 0 Å². The summed E-state index contributed by atoms with van der Waals surface area (Å²) in [5.74, 6) is 1.04. The average Bonchev–Trinajstić information content (AvgIpc) is 2.78. The van der Waals surface area contributed by atoms with Gasteiger partial charge in [0.15, 0.2) is 0 Å². The van der Waals surface area contributed by atoms with Gasteiger partial charge in [0, 0.05) is 25.3 Å². The molecule has 1 aromatic carbocycles. The zero-order chi connectivity index (χ0) is 13.6. The molecule has 0 amide bonds. The standard InChI is InChI=1S/C17H26N2O/c1-2-5-16(6-3-1)20-17-9-7-15(8-10-17)19-13-4-11-18-12-14-19/h7-10,16,18H,1-6,11-14H2. The van der Waals surface area contributed by atoms with Gasteiger partial charge >= 0.3 is 0 Å². The summed E-state index contributed by atoms with van der Waals surface area (Å²) in [4.78, 5) is 2.46. The molecular formula is C17H26N2O. The molecule has 0 spiro atoms. The van der Waals surface area contributed by atoms with Gasteiger partial charge in [-0.3, -0.25) is 0 Å². The zero-order valence-corrected chi connectivity index (χ0v) is 12.3. The van der Waals surface area contributed by atoms with Crippen molar-refractivity contribution in [3.8, 4) is 5.75 Å². The Morgan fingerprint density at radius 3 is 2.50 bits per heavy atom. The molecule has 1 saturated carbocycles. The summed E-state index contributed by atoms with van der Waals surface area (Å²) in [6, 6.07) is 8.71. The molecule has 3 nitrogen and oxygen atoms in total. The van der Waals surface area contributed by atoms with Gasteiger partial charge in [0.05, 0.1) is 6.10 Å². The smallest absolute Gasteiger partial charge is 0.119 e. The molecule has 110 valence electrons. The average molecular weight is 274 g/mol. The minimum absolute atomic E-state index is 0.442. The minimum Gasteiger partial charge on any atom is -0.490 e. The second-order valence-electron chi connectivity index (χ2n) is 5.96. The van der Waals surface area contributed by atoms with E-state index in [0.29, 0.717) is 6.10 Å². The van der Waals surface area contributed by atoms with Gasteiger partial charge in [-0.2, -0.15) is 0 Å². The molecule has 0 bridgehead atoms.